The van der Waals surface area contributed by atoms with E-state index in [9.17, 15) is 5.11 Å². The Morgan fingerprint density at radius 1 is 1.30 bits per heavy atom. The molecule has 0 amide bonds. The van der Waals surface area contributed by atoms with E-state index in [1.807, 2.05) is 37.7 Å². The van der Waals surface area contributed by atoms with E-state index in [4.69, 9.17) is 10.5 Å². The highest BCUT2D eigenvalue weighted by Crippen LogP contribution is 2.51. The molecule has 2 fully saturated rings. The lowest BCUT2D eigenvalue weighted by Gasteiger charge is -2.55. The van der Waals surface area contributed by atoms with E-state index in [1.54, 1.807) is 6.20 Å². The van der Waals surface area contributed by atoms with Crippen molar-refractivity contribution in [3.05, 3.63) is 59.7 Å². The molecule has 4 rings (SSSR count). The zero-order valence-electron chi connectivity index (χ0n) is 15.8. The number of hydrogen-bond acceptors (Lipinski definition) is 6. The maximum Gasteiger partial charge on any atom is 0.145 e. The molecule has 1 aliphatic heterocycles. The van der Waals surface area contributed by atoms with Crippen LogP contribution < -0.4 is 5.73 Å². The van der Waals surface area contributed by atoms with Crippen molar-refractivity contribution in [3.8, 4) is 0 Å². The lowest BCUT2D eigenvalue weighted by Crippen LogP contribution is -2.58. The van der Waals surface area contributed by atoms with E-state index < -0.39 is 6.23 Å². The van der Waals surface area contributed by atoms with Gasteiger partial charge in [-0.25, -0.2) is 0 Å². The highest BCUT2D eigenvalue weighted by Gasteiger charge is 2.53. The average Bonchev–Trinajstić information content (AvgIpc) is 2.68. The molecule has 1 aliphatic carbocycles. The standard InChI is InChI=1S/C21H28N4O2/c1-27-21(16-7-9-24-19(10-16)20(22)26)17-5-2-6-18(21)14-25(13-17)12-15-4-3-8-23-11-15/h3-4,7-11,17-18,20,26H,2,5-6,12-14,22H2,1H3. The molecular formula is C21H28N4O2. The Bertz CT molecular complexity index is 754. The van der Waals surface area contributed by atoms with Gasteiger partial charge in [0.2, 0.25) is 0 Å². The number of ether oxygens (including phenoxy) is 1. The summed E-state index contributed by atoms with van der Waals surface area (Å²) in [6.45, 7) is 2.90. The number of aliphatic hydroxyl groups excluding tert-OH is 1. The summed E-state index contributed by atoms with van der Waals surface area (Å²) >= 11 is 0. The molecule has 3 atom stereocenters. The molecule has 1 saturated heterocycles. The SMILES string of the molecule is COC1(c2ccnc(C(N)O)c2)C2CCCC1CN(Cc1cccnc1)C2. The molecule has 2 aliphatic rings. The topological polar surface area (TPSA) is 84.5 Å². The first-order valence-corrected chi connectivity index (χ1v) is 9.70. The molecular weight excluding hydrogens is 340 g/mol. The fourth-order valence-corrected chi connectivity index (χ4v) is 5.18. The van der Waals surface area contributed by atoms with Gasteiger partial charge in [0, 0.05) is 57.2 Å². The quantitative estimate of drug-likeness (QED) is 0.787. The van der Waals surface area contributed by atoms with Gasteiger partial charge in [0.1, 0.15) is 11.8 Å². The third-order valence-electron chi connectivity index (χ3n) is 6.28. The van der Waals surface area contributed by atoms with Crippen LogP contribution in [-0.2, 0) is 16.9 Å². The molecule has 2 aromatic heterocycles. The number of nitrogens with zero attached hydrogens (tertiary/aromatic N) is 3. The Balaban J connectivity index is 1.63. The van der Waals surface area contributed by atoms with Crippen LogP contribution in [0.4, 0.5) is 0 Å². The second-order valence-corrected chi connectivity index (χ2v) is 7.79. The van der Waals surface area contributed by atoms with E-state index in [2.05, 4.69) is 20.9 Å². The Labute approximate surface area is 160 Å². The molecule has 6 heteroatoms. The summed E-state index contributed by atoms with van der Waals surface area (Å²) in [7, 11) is 1.82. The first-order valence-electron chi connectivity index (χ1n) is 9.70. The van der Waals surface area contributed by atoms with Crippen LogP contribution in [0, 0.1) is 11.8 Å². The van der Waals surface area contributed by atoms with Gasteiger partial charge in [-0.3, -0.25) is 14.9 Å². The second kappa shape index (κ2) is 7.64. The number of likely N-dealkylation sites (tertiary alicyclic amines) is 1. The van der Waals surface area contributed by atoms with E-state index in [-0.39, 0.29) is 5.60 Å². The predicted octanol–water partition coefficient (Wildman–Crippen LogP) is 2.20. The average molecular weight is 368 g/mol. The van der Waals surface area contributed by atoms with Crippen molar-refractivity contribution in [2.75, 3.05) is 20.2 Å². The van der Waals surface area contributed by atoms with E-state index in [0.29, 0.717) is 17.5 Å². The van der Waals surface area contributed by atoms with Crippen LogP contribution >= 0.6 is 0 Å². The van der Waals surface area contributed by atoms with Crippen molar-refractivity contribution >= 4 is 0 Å². The summed E-state index contributed by atoms with van der Waals surface area (Å²) in [5.41, 5.74) is 8.16. The van der Waals surface area contributed by atoms with Crippen molar-refractivity contribution < 1.29 is 9.84 Å². The van der Waals surface area contributed by atoms with Gasteiger partial charge < -0.3 is 15.6 Å². The van der Waals surface area contributed by atoms with Crippen LogP contribution in [-0.4, -0.2) is 40.2 Å². The lowest BCUT2D eigenvalue weighted by molar-refractivity contribution is -0.170. The Morgan fingerprint density at radius 3 is 2.70 bits per heavy atom. The third-order valence-corrected chi connectivity index (χ3v) is 6.28. The molecule has 6 nitrogen and oxygen atoms in total. The molecule has 3 N–H and O–H groups in total. The van der Waals surface area contributed by atoms with Gasteiger partial charge in [-0.15, -0.1) is 0 Å². The summed E-state index contributed by atoms with van der Waals surface area (Å²) in [6, 6.07) is 8.09. The predicted molar refractivity (Wildman–Crippen MR) is 102 cm³/mol. The highest BCUT2D eigenvalue weighted by molar-refractivity contribution is 5.29. The number of pyridine rings is 2. The van der Waals surface area contributed by atoms with Gasteiger partial charge in [-0.2, -0.15) is 0 Å². The molecule has 1 saturated carbocycles. The Morgan fingerprint density at radius 2 is 2.07 bits per heavy atom. The molecule has 2 bridgehead atoms. The number of aliphatic hydroxyl groups is 1. The number of methoxy groups -OCH3 is 1. The second-order valence-electron chi connectivity index (χ2n) is 7.79. The summed E-state index contributed by atoms with van der Waals surface area (Å²) in [5.74, 6) is 0.800. The molecule has 144 valence electrons. The first-order chi connectivity index (χ1) is 13.1. The van der Waals surface area contributed by atoms with Crippen LogP contribution in [0.1, 0.15) is 42.3 Å². The zero-order valence-corrected chi connectivity index (χ0v) is 15.8. The monoisotopic (exact) mass is 368 g/mol. The lowest BCUT2D eigenvalue weighted by atomic mass is 9.62. The number of rotatable bonds is 5. The van der Waals surface area contributed by atoms with E-state index in [0.717, 1.165) is 38.0 Å². The normalized spacial score (nSPS) is 29.4. The maximum absolute atomic E-state index is 9.77. The number of hydrogen-bond donors (Lipinski definition) is 2. The van der Waals surface area contributed by atoms with Crippen molar-refractivity contribution in [2.45, 2.75) is 37.6 Å². The van der Waals surface area contributed by atoms with E-state index >= 15 is 0 Å². The minimum absolute atomic E-state index is 0.337. The summed E-state index contributed by atoms with van der Waals surface area (Å²) in [4.78, 5) is 11.0. The van der Waals surface area contributed by atoms with Gasteiger partial charge in [-0.05, 0) is 42.2 Å². The van der Waals surface area contributed by atoms with Crippen molar-refractivity contribution in [3.63, 3.8) is 0 Å². The van der Waals surface area contributed by atoms with Crippen LogP contribution in [0.25, 0.3) is 0 Å². The largest absolute Gasteiger partial charge is 0.373 e. The summed E-state index contributed by atoms with van der Waals surface area (Å²) in [6.07, 6.45) is 7.94. The smallest absolute Gasteiger partial charge is 0.145 e. The fraction of sp³-hybridized carbons (Fsp3) is 0.524. The third kappa shape index (κ3) is 3.38. The maximum atomic E-state index is 9.77. The molecule has 2 aromatic rings. The van der Waals surface area contributed by atoms with Gasteiger partial charge in [0.25, 0.3) is 0 Å². The molecule has 3 unspecified atom stereocenters. The first kappa shape index (κ1) is 18.5. The molecule has 3 heterocycles. The molecule has 0 radical (unpaired) electrons. The van der Waals surface area contributed by atoms with Crippen LogP contribution in [0.3, 0.4) is 0 Å². The van der Waals surface area contributed by atoms with Crippen molar-refractivity contribution in [1.82, 2.24) is 14.9 Å². The molecule has 0 aromatic carbocycles. The fourth-order valence-electron chi connectivity index (χ4n) is 5.18. The Kier molecular flexibility index (Phi) is 5.23. The van der Waals surface area contributed by atoms with Gasteiger partial charge in [0.15, 0.2) is 0 Å². The summed E-state index contributed by atoms with van der Waals surface area (Å²) in [5, 5.41) is 9.77. The number of piperidine rings is 1. The minimum atomic E-state index is -1.07. The summed E-state index contributed by atoms with van der Waals surface area (Å²) < 4.78 is 6.28. The van der Waals surface area contributed by atoms with Crippen LogP contribution in [0.5, 0.6) is 0 Å². The van der Waals surface area contributed by atoms with E-state index in [1.165, 1.54) is 12.0 Å². The minimum Gasteiger partial charge on any atom is -0.373 e. The van der Waals surface area contributed by atoms with Crippen molar-refractivity contribution in [1.29, 1.82) is 0 Å². The van der Waals surface area contributed by atoms with Gasteiger partial charge in [0.05, 0.1) is 5.69 Å². The highest BCUT2D eigenvalue weighted by atomic mass is 16.5. The van der Waals surface area contributed by atoms with Crippen LogP contribution in [0.15, 0.2) is 42.9 Å². The number of fused-ring (bicyclic) bond motifs is 2. The number of nitrogens with two attached hydrogens (primary N) is 1. The molecule has 0 spiro atoms. The van der Waals surface area contributed by atoms with Gasteiger partial charge >= 0.3 is 0 Å². The van der Waals surface area contributed by atoms with Gasteiger partial charge in [-0.1, -0.05) is 12.5 Å². The molecule has 27 heavy (non-hydrogen) atoms. The van der Waals surface area contributed by atoms with Crippen LogP contribution in [0.2, 0.25) is 0 Å². The van der Waals surface area contributed by atoms with Crippen molar-refractivity contribution in [2.24, 2.45) is 17.6 Å². The zero-order chi connectivity index (χ0) is 18.9. The Hall–Kier alpha value is -1.86. The number of aromatic nitrogens is 2.